The van der Waals surface area contributed by atoms with Crippen molar-refractivity contribution in [1.29, 1.82) is 0 Å². The summed E-state index contributed by atoms with van der Waals surface area (Å²) in [6, 6.07) is 1.71. The molecule has 0 aromatic carbocycles. The highest BCUT2D eigenvalue weighted by Crippen LogP contribution is 2.25. The van der Waals surface area contributed by atoms with Crippen LogP contribution in [-0.4, -0.2) is 20.2 Å². The molecule has 0 bridgehead atoms. The first-order valence-corrected chi connectivity index (χ1v) is 5.29. The van der Waals surface area contributed by atoms with Crippen LogP contribution in [0.25, 0.3) is 0 Å². The molecule has 0 aliphatic carbocycles. The molecule has 0 spiro atoms. The second-order valence-corrected chi connectivity index (χ2v) is 3.94. The van der Waals surface area contributed by atoms with Crippen molar-refractivity contribution in [2.75, 3.05) is 5.43 Å². The van der Waals surface area contributed by atoms with Gasteiger partial charge in [-0.1, -0.05) is 0 Å². The summed E-state index contributed by atoms with van der Waals surface area (Å²) in [5.41, 5.74) is 2.47. The monoisotopic (exact) mass is 238 g/mol. The second-order valence-electron chi connectivity index (χ2n) is 2.97. The molecular formula is C8H10N6OS. The van der Waals surface area contributed by atoms with Crippen molar-refractivity contribution in [1.82, 2.24) is 20.2 Å². The molecule has 0 atom stereocenters. The first-order valence-electron chi connectivity index (χ1n) is 4.47. The molecule has 8 heteroatoms. The zero-order valence-electron chi connectivity index (χ0n) is 8.76. The average Bonchev–Trinajstić information content (AvgIpc) is 2.63. The molecule has 0 saturated heterocycles. The lowest BCUT2D eigenvalue weighted by Crippen LogP contribution is -2.09. The van der Waals surface area contributed by atoms with Gasteiger partial charge >= 0.3 is 0 Å². The standard InChI is InChI=1S/C8H10N6OS/c1-4-10-6(12-9)3-7(11-4)16-8-14-13-5(2)15-8/h3H,9H2,1-2H3,(H,10,11,12). The summed E-state index contributed by atoms with van der Waals surface area (Å²) in [7, 11) is 0. The van der Waals surface area contributed by atoms with Crippen molar-refractivity contribution in [3.63, 3.8) is 0 Å². The van der Waals surface area contributed by atoms with Crippen LogP contribution in [0.5, 0.6) is 0 Å². The summed E-state index contributed by atoms with van der Waals surface area (Å²) < 4.78 is 5.23. The highest BCUT2D eigenvalue weighted by Gasteiger charge is 2.08. The highest BCUT2D eigenvalue weighted by molar-refractivity contribution is 7.99. The van der Waals surface area contributed by atoms with Crippen LogP contribution in [0.2, 0.25) is 0 Å². The summed E-state index contributed by atoms with van der Waals surface area (Å²) in [6.45, 7) is 3.51. The topological polar surface area (TPSA) is 103 Å². The number of nitrogens with zero attached hydrogens (tertiary/aromatic N) is 4. The normalized spacial score (nSPS) is 10.4. The Kier molecular flexibility index (Phi) is 3.02. The molecule has 0 saturated carbocycles. The molecule has 2 rings (SSSR count). The lowest BCUT2D eigenvalue weighted by molar-refractivity contribution is 0.429. The van der Waals surface area contributed by atoms with Gasteiger partial charge in [-0.05, 0) is 18.7 Å². The lowest BCUT2D eigenvalue weighted by Gasteiger charge is -2.02. The van der Waals surface area contributed by atoms with E-state index < -0.39 is 0 Å². The minimum atomic E-state index is 0.443. The van der Waals surface area contributed by atoms with E-state index in [4.69, 9.17) is 10.3 Å². The van der Waals surface area contributed by atoms with E-state index in [9.17, 15) is 0 Å². The first kappa shape index (κ1) is 10.8. The van der Waals surface area contributed by atoms with E-state index >= 15 is 0 Å². The summed E-state index contributed by atoms with van der Waals surface area (Å²) in [6.07, 6.45) is 0. The van der Waals surface area contributed by atoms with E-state index in [1.807, 2.05) is 0 Å². The minimum absolute atomic E-state index is 0.443. The van der Waals surface area contributed by atoms with Gasteiger partial charge in [-0.15, -0.1) is 10.2 Å². The fraction of sp³-hybridized carbons (Fsp3) is 0.250. The number of rotatable bonds is 3. The van der Waals surface area contributed by atoms with Crippen molar-refractivity contribution in [2.45, 2.75) is 24.1 Å². The van der Waals surface area contributed by atoms with Crippen LogP contribution in [0.15, 0.2) is 20.7 Å². The second kappa shape index (κ2) is 4.45. The van der Waals surface area contributed by atoms with Gasteiger partial charge in [-0.2, -0.15) is 0 Å². The number of hydrogen-bond donors (Lipinski definition) is 2. The number of aromatic nitrogens is 4. The molecule has 0 fully saturated rings. The van der Waals surface area contributed by atoms with E-state index in [0.717, 1.165) is 0 Å². The number of nitrogen functional groups attached to an aromatic ring is 1. The quantitative estimate of drug-likeness (QED) is 0.462. The van der Waals surface area contributed by atoms with Crippen LogP contribution in [0.1, 0.15) is 11.7 Å². The lowest BCUT2D eigenvalue weighted by atomic mass is 10.5. The van der Waals surface area contributed by atoms with Gasteiger partial charge in [0.05, 0.1) is 0 Å². The molecule has 84 valence electrons. The molecule has 0 radical (unpaired) electrons. The number of anilines is 1. The average molecular weight is 238 g/mol. The summed E-state index contributed by atoms with van der Waals surface area (Å²) in [5, 5.41) is 8.73. The van der Waals surface area contributed by atoms with Gasteiger partial charge in [0.1, 0.15) is 16.7 Å². The molecule has 3 N–H and O–H groups in total. The van der Waals surface area contributed by atoms with Crippen LogP contribution in [0.4, 0.5) is 5.82 Å². The number of nitrogens with two attached hydrogens (primary N) is 1. The Bertz CT molecular complexity index is 499. The van der Waals surface area contributed by atoms with Crippen molar-refractivity contribution >= 4 is 17.6 Å². The van der Waals surface area contributed by atoms with E-state index in [1.165, 1.54) is 11.8 Å². The number of nitrogens with one attached hydrogen (secondary N) is 1. The third-order valence-electron chi connectivity index (χ3n) is 1.66. The Labute approximate surface area is 95.8 Å². The van der Waals surface area contributed by atoms with Crippen molar-refractivity contribution < 1.29 is 4.42 Å². The van der Waals surface area contributed by atoms with Gasteiger partial charge in [-0.3, -0.25) is 0 Å². The zero-order chi connectivity index (χ0) is 11.5. The Morgan fingerprint density at radius 2 is 2.12 bits per heavy atom. The number of hydrogen-bond acceptors (Lipinski definition) is 8. The van der Waals surface area contributed by atoms with E-state index in [-0.39, 0.29) is 0 Å². The van der Waals surface area contributed by atoms with E-state index in [0.29, 0.717) is 27.8 Å². The highest BCUT2D eigenvalue weighted by atomic mass is 32.2. The SMILES string of the molecule is Cc1nc(NN)cc(Sc2nnc(C)o2)n1. The third-order valence-corrected chi connectivity index (χ3v) is 2.42. The van der Waals surface area contributed by atoms with E-state index in [1.54, 1.807) is 19.9 Å². The van der Waals surface area contributed by atoms with Crippen LogP contribution in [0.3, 0.4) is 0 Å². The molecule has 2 aromatic heterocycles. The maximum atomic E-state index is 5.28. The van der Waals surface area contributed by atoms with Gasteiger partial charge in [0.25, 0.3) is 5.22 Å². The van der Waals surface area contributed by atoms with Crippen LogP contribution in [-0.2, 0) is 0 Å². The van der Waals surface area contributed by atoms with Crippen molar-refractivity contribution in [2.24, 2.45) is 5.84 Å². The molecule has 16 heavy (non-hydrogen) atoms. The Morgan fingerprint density at radius 3 is 2.75 bits per heavy atom. The fourth-order valence-corrected chi connectivity index (χ4v) is 1.85. The first-order chi connectivity index (χ1) is 7.67. The van der Waals surface area contributed by atoms with Gasteiger partial charge in [0.15, 0.2) is 0 Å². The summed E-state index contributed by atoms with van der Waals surface area (Å²) in [5.74, 6) is 6.97. The number of hydrazine groups is 1. The predicted molar refractivity (Wildman–Crippen MR) is 57.7 cm³/mol. The molecule has 0 amide bonds. The Hall–Kier alpha value is -1.67. The smallest absolute Gasteiger partial charge is 0.282 e. The summed E-state index contributed by atoms with van der Waals surface area (Å²) in [4.78, 5) is 8.29. The van der Waals surface area contributed by atoms with Gasteiger partial charge in [-0.25, -0.2) is 15.8 Å². The van der Waals surface area contributed by atoms with Gasteiger partial charge in [0.2, 0.25) is 5.89 Å². The Morgan fingerprint density at radius 1 is 1.31 bits per heavy atom. The third kappa shape index (κ3) is 2.47. The van der Waals surface area contributed by atoms with Gasteiger partial charge in [0, 0.05) is 13.0 Å². The maximum Gasteiger partial charge on any atom is 0.282 e. The minimum Gasteiger partial charge on any atom is -0.416 e. The fourth-order valence-electron chi connectivity index (χ4n) is 1.08. The Balaban J connectivity index is 2.24. The van der Waals surface area contributed by atoms with E-state index in [2.05, 4.69) is 25.6 Å². The molecule has 2 aromatic rings. The molecule has 0 aliphatic rings. The zero-order valence-corrected chi connectivity index (χ0v) is 9.58. The van der Waals surface area contributed by atoms with Crippen LogP contribution < -0.4 is 11.3 Å². The molecular weight excluding hydrogens is 228 g/mol. The summed E-state index contributed by atoms with van der Waals surface area (Å²) >= 11 is 1.27. The number of aryl methyl sites for hydroxylation is 2. The molecule has 2 heterocycles. The predicted octanol–water partition coefficient (Wildman–Crippen LogP) is 0.913. The molecule has 0 aliphatic heterocycles. The van der Waals surface area contributed by atoms with Crippen LogP contribution >= 0.6 is 11.8 Å². The molecule has 0 unspecified atom stereocenters. The largest absolute Gasteiger partial charge is 0.416 e. The van der Waals surface area contributed by atoms with Crippen molar-refractivity contribution in [3.8, 4) is 0 Å². The van der Waals surface area contributed by atoms with Crippen molar-refractivity contribution in [3.05, 3.63) is 17.8 Å². The molecule has 7 nitrogen and oxygen atoms in total. The van der Waals surface area contributed by atoms with Gasteiger partial charge < -0.3 is 9.84 Å². The van der Waals surface area contributed by atoms with Crippen LogP contribution in [0, 0.1) is 13.8 Å². The maximum absolute atomic E-state index is 5.28.